The smallest absolute Gasteiger partial charge is 0.272 e. The maximum absolute atomic E-state index is 13.1. The molecule has 0 saturated heterocycles. The number of H-pyrrole nitrogens is 2. The van der Waals surface area contributed by atoms with Gasteiger partial charge in [-0.2, -0.15) is 0 Å². The highest BCUT2D eigenvalue weighted by molar-refractivity contribution is 6.02. The highest BCUT2D eigenvalue weighted by Gasteiger charge is 2.12. The zero-order chi connectivity index (χ0) is 20.1. The Bertz CT molecular complexity index is 1150. The summed E-state index contributed by atoms with van der Waals surface area (Å²) in [6, 6.07) is 10.4. The lowest BCUT2D eigenvalue weighted by Gasteiger charge is -2.09. The largest absolute Gasteiger partial charge is 0.347 e. The first-order valence-electron chi connectivity index (χ1n) is 8.49. The number of benzene rings is 2. The Morgan fingerprint density at radius 1 is 0.964 bits per heavy atom. The molecule has 8 nitrogen and oxygen atoms in total. The second kappa shape index (κ2) is 8.30. The van der Waals surface area contributed by atoms with E-state index in [4.69, 9.17) is 0 Å². The van der Waals surface area contributed by atoms with Crippen LogP contribution in [0.25, 0.3) is 10.8 Å². The van der Waals surface area contributed by atoms with Crippen LogP contribution in [0.1, 0.15) is 12.0 Å². The second-order valence-corrected chi connectivity index (χ2v) is 6.09. The van der Waals surface area contributed by atoms with E-state index in [2.05, 4.69) is 20.8 Å². The van der Waals surface area contributed by atoms with Gasteiger partial charge < -0.3 is 10.6 Å². The standard InChI is InChI=1S/C19H17FN4O4/c20-12-4-1-3-11(9-12)7-8-15(25)21-10-16(26)22-14-6-2-5-13-17(14)19(28)24-23-18(13)27/h1-6,9H,7-8,10H2,(H,21,25)(H,22,26)(H,23,27)(H,24,28). The van der Waals surface area contributed by atoms with Crippen molar-refractivity contribution in [1.29, 1.82) is 0 Å². The number of fused-ring (bicyclic) bond motifs is 1. The molecule has 9 heteroatoms. The number of nitrogens with one attached hydrogen (secondary N) is 4. The molecule has 0 unspecified atom stereocenters. The van der Waals surface area contributed by atoms with E-state index in [0.717, 1.165) is 0 Å². The lowest BCUT2D eigenvalue weighted by atomic mass is 10.1. The molecule has 2 amide bonds. The van der Waals surface area contributed by atoms with Crippen molar-refractivity contribution in [1.82, 2.24) is 15.5 Å². The fraction of sp³-hybridized carbons (Fsp3) is 0.158. The van der Waals surface area contributed by atoms with E-state index in [1.165, 1.54) is 30.3 Å². The van der Waals surface area contributed by atoms with Gasteiger partial charge >= 0.3 is 0 Å². The van der Waals surface area contributed by atoms with E-state index in [-0.39, 0.29) is 41.1 Å². The maximum Gasteiger partial charge on any atom is 0.272 e. The van der Waals surface area contributed by atoms with Crippen LogP contribution in [0.2, 0.25) is 0 Å². The summed E-state index contributed by atoms with van der Waals surface area (Å²) in [4.78, 5) is 47.7. The Balaban J connectivity index is 1.58. The van der Waals surface area contributed by atoms with Crippen molar-refractivity contribution in [3.05, 3.63) is 74.6 Å². The molecule has 3 rings (SSSR count). The van der Waals surface area contributed by atoms with Crippen LogP contribution in [0.5, 0.6) is 0 Å². The van der Waals surface area contributed by atoms with Gasteiger partial charge in [0.05, 0.1) is 23.0 Å². The molecule has 0 radical (unpaired) electrons. The first-order valence-corrected chi connectivity index (χ1v) is 8.49. The molecule has 0 atom stereocenters. The summed E-state index contributed by atoms with van der Waals surface area (Å²) in [5, 5.41) is 9.58. The van der Waals surface area contributed by atoms with Crippen molar-refractivity contribution in [2.45, 2.75) is 12.8 Å². The SMILES string of the molecule is O=C(CCc1cccc(F)c1)NCC(=O)Nc1cccc2c(=O)[nH][nH]c(=O)c12. The summed E-state index contributed by atoms with van der Waals surface area (Å²) in [7, 11) is 0. The number of aromatic amines is 2. The molecule has 0 aliphatic rings. The van der Waals surface area contributed by atoms with Gasteiger partial charge in [0.15, 0.2) is 0 Å². The molecule has 0 bridgehead atoms. The van der Waals surface area contributed by atoms with Gasteiger partial charge in [0.25, 0.3) is 11.1 Å². The highest BCUT2D eigenvalue weighted by Crippen LogP contribution is 2.16. The summed E-state index contributed by atoms with van der Waals surface area (Å²) < 4.78 is 13.1. The fourth-order valence-corrected chi connectivity index (χ4v) is 2.75. The number of aromatic nitrogens is 2. The number of hydrogen-bond donors (Lipinski definition) is 4. The third kappa shape index (κ3) is 4.50. The van der Waals surface area contributed by atoms with Crippen LogP contribution in [-0.4, -0.2) is 28.6 Å². The van der Waals surface area contributed by atoms with Crippen molar-refractivity contribution in [3.63, 3.8) is 0 Å². The van der Waals surface area contributed by atoms with E-state index in [1.54, 1.807) is 12.1 Å². The molecule has 4 N–H and O–H groups in total. The molecule has 0 spiro atoms. The summed E-state index contributed by atoms with van der Waals surface area (Å²) in [5.74, 6) is -1.29. The number of amides is 2. The van der Waals surface area contributed by atoms with Gasteiger partial charge in [-0.3, -0.25) is 29.4 Å². The molecule has 1 aromatic heterocycles. The minimum Gasteiger partial charge on any atom is -0.347 e. The molecule has 0 saturated carbocycles. The second-order valence-electron chi connectivity index (χ2n) is 6.09. The predicted octanol–water partition coefficient (Wildman–Crippen LogP) is 1.04. The average molecular weight is 384 g/mol. The molecule has 0 aliphatic heterocycles. The summed E-state index contributed by atoms with van der Waals surface area (Å²) in [6.07, 6.45) is 0.437. The third-order valence-corrected chi connectivity index (χ3v) is 4.08. The third-order valence-electron chi connectivity index (χ3n) is 4.08. The Morgan fingerprint density at radius 3 is 2.50 bits per heavy atom. The summed E-state index contributed by atoms with van der Waals surface area (Å²) in [6.45, 7) is -0.306. The van der Waals surface area contributed by atoms with Gasteiger partial charge in [-0.05, 0) is 36.2 Å². The first-order chi connectivity index (χ1) is 13.4. The van der Waals surface area contributed by atoms with E-state index in [1.807, 2.05) is 0 Å². The van der Waals surface area contributed by atoms with Gasteiger partial charge in [-0.25, -0.2) is 4.39 Å². The molecule has 3 aromatic rings. The average Bonchev–Trinajstić information content (AvgIpc) is 2.68. The van der Waals surface area contributed by atoms with Crippen LogP contribution < -0.4 is 21.8 Å². The fourth-order valence-electron chi connectivity index (χ4n) is 2.75. The van der Waals surface area contributed by atoms with Crippen LogP contribution >= 0.6 is 0 Å². The normalized spacial score (nSPS) is 10.6. The zero-order valence-corrected chi connectivity index (χ0v) is 14.7. The number of rotatable bonds is 6. The van der Waals surface area contributed by atoms with E-state index in [9.17, 15) is 23.6 Å². The Kier molecular flexibility index (Phi) is 5.64. The lowest BCUT2D eigenvalue weighted by Crippen LogP contribution is -2.33. The van der Waals surface area contributed by atoms with Crippen LogP contribution in [0, 0.1) is 5.82 Å². The maximum atomic E-state index is 13.1. The number of hydrogen-bond acceptors (Lipinski definition) is 4. The first kappa shape index (κ1) is 19.0. The molecule has 1 heterocycles. The number of halogens is 1. The topological polar surface area (TPSA) is 124 Å². The Hall–Kier alpha value is -3.75. The zero-order valence-electron chi connectivity index (χ0n) is 14.7. The monoisotopic (exact) mass is 384 g/mol. The minimum atomic E-state index is -0.551. The van der Waals surface area contributed by atoms with Crippen molar-refractivity contribution in [2.24, 2.45) is 0 Å². The van der Waals surface area contributed by atoms with E-state index >= 15 is 0 Å². The molecule has 144 valence electrons. The van der Waals surface area contributed by atoms with Gasteiger partial charge in [-0.1, -0.05) is 18.2 Å². The van der Waals surface area contributed by atoms with Crippen LogP contribution in [-0.2, 0) is 16.0 Å². The van der Waals surface area contributed by atoms with Crippen molar-refractivity contribution in [3.8, 4) is 0 Å². The van der Waals surface area contributed by atoms with Crippen molar-refractivity contribution >= 4 is 28.3 Å². The van der Waals surface area contributed by atoms with Crippen molar-refractivity contribution < 1.29 is 14.0 Å². The summed E-state index contributed by atoms with van der Waals surface area (Å²) in [5.41, 5.74) is -0.190. The predicted molar refractivity (Wildman–Crippen MR) is 102 cm³/mol. The Morgan fingerprint density at radius 2 is 1.71 bits per heavy atom. The molecule has 2 aromatic carbocycles. The number of aryl methyl sites for hydroxylation is 1. The van der Waals surface area contributed by atoms with Crippen LogP contribution in [0.3, 0.4) is 0 Å². The van der Waals surface area contributed by atoms with Gasteiger partial charge in [0.1, 0.15) is 5.82 Å². The molecule has 0 fully saturated rings. The summed E-state index contributed by atoms with van der Waals surface area (Å²) >= 11 is 0. The number of carbonyl (C=O) groups excluding carboxylic acids is 2. The Labute approximate surface area is 157 Å². The van der Waals surface area contributed by atoms with E-state index in [0.29, 0.717) is 12.0 Å². The van der Waals surface area contributed by atoms with E-state index < -0.39 is 17.0 Å². The van der Waals surface area contributed by atoms with Gasteiger partial charge in [0.2, 0.25) is 11.8 Å². The van der Waals surface area contributed by atoms with Gasteiger partial charge in [0, 0.05) is 6.42 Å². The molecular formula is C19H17FN4O4. The number of carbonyl (C=O) groups is 2. The molecule has 0 aliphatic carbocycles. The molecule has 28 heavy (non-hydrogen) atoms. The highest BCUT2D eigenvalue weighted by atomic mass is 19.1. The van der Waals surface area contributed by atoms with Gasteiger partial charge in [-0.15, -0.1) is 0 Å². The van der Waals surface area contributed by atoms with Crippen LogP contribution in [0.4, 0.5) is 10.1 Å². The van der Waals surface area contributed by atoms with Crippen LogP contribution in [0.15, 0.2) is 52.1 Å². The minimum absolute atomic E-state index is 0.0528. The molecular weight excluding hydrogens is 367 g/mol. The quantitative estimate of drug-likeness (QED) is 0.507. The van der Waals surface area contributed by atoms with Crippen molar-refractivity contribution in [2.75, 3.05) is 11.9 Å². The number of anilines is 1. The lowest BCUT2D eigenvalue weighted by molar-refractivity contribution is -0.124.